The van der Waals surface area contributed by atoms with Crippen molar-refractivity contribution in [3.8, 4) is 0 Å². The number of thiophene rings is 1. The number of hydrogen-bond acceptors (Lipinski definition) is 6. The second kappa shape index (κ2) is 6.61. The van der Waals surface area contributed by atoms with E-state index in [0.717, 1.165) is 10.4 Å². The van der Waals surface area contributed by atoms with Crippen LogP contribution in [-0.4, -0.2) is 36.0 Å². The monoisotopic (exact) mass is 389 g/mol. The Kier molecular flexibility index (Phi) is 4.42. The summed E-state index contributed by atoms with van der Waals surface area (Å²) in [6.07, 6.45) is 0. The second-order valence-corrected chi connectivity index (χ2v) is 9.94. The third-order valence-corrected chi connectivity index (χ3v) is 7.98. The first-order valence-electron chi connectivity index (χ1n) is 8.37. The Balaban J connectivity index is 1.71. The van der Waals surface area contributed by atoms with E-state index in [2.05, 4.69) is 10.1 Å². The molecule has 0 bridgehead atoms. The summed E-state index contributed by atoms with van der Waals surface area (Å²) in [6, 6.07) is 13.4. The summed E-state index contributed by atoms with van der Waals surface area (Å²) in [7, 11) is -3.53. The molecule has 1 saturated heterocycles. The van der Waals surface area contributed by atoms with Gasteiger partial charge in [0.25, 0.3) is 10.0 Å². The number of aromatic nitrogens is 2. The number of benzene rings is 1. The van der Waals surface area contributed by atoms with Gasteiger partial charge >= 0.3 is 0 Å². The molecular formula is C18H19N3O3S2. The van der Waals surface area contributed by atoms with Gasteiger partial charge in [-0.25, -0.2) is 8.42 Å². The van der Waals surface area contributed by atoms with Gasteiger partial charge in [0.05, 0.1) is 5.92 Å². The highest BCUT2D eigenvalue weighted by Gasteiger charge is 2.43. The molecule has 4 rings (SSSR count). The van der Waals surface area contributed by atoms with Crippen LogP contribution >= 0.6 is 11.3 Å². The van der Waals surface area contributed by atoms with Gasteiger partial charge in [-0.15, -0.1) is 11.3 Å². The molecule has 3 aromatic rings. The molecule has 1 fully saturated rings. The number of sulfonamides is 1. The SMILES string of the molecule is Cc1noc([C@H]2CN(S(=O)(=O)c3ccc(C)s3)C[C@@H]2c2ccccc2)n1. The van der Waals surface area contributed by atoms with E-state index < -0.39 is 10.0 Å². The van der Waals surface area contributed by atoms with Gasteiger partial charge in [-0.05, 0) is 31.5 Å². The molecule has 6 nitrogen and oxygen atoms in total. The van der Waals surface area contributed by atoms with E-state index in [-0.39, 0.29) is 11.8 Å². The first-order valence-corrected chi connectivity index (χ1v) is 10.6. The maximum absolute atomic E-state index is 13.1. The molecule has 2 atom stereocenters. The predicted octanol–water partition coefficient (Wildman–Crippen LogP) is 3.32. The van der Waals surface area contributed by atoms with Crippen molar-refractivity contribution in [1.82, 2.24) is 14.4 Å². The van der Waals surface area contributed by atoms with Gasteiger partial charge in [0.2, 0.25) is 5.89 Å². The summed E-state index contributed by atoms with van der Waals surface area (Å²) in [6.45, 7) is 4.41. The largest absolute Gasteiger partial charge is 0.339 e. The second-order valence-electron chi connectivity index (χ2n) is 6.49. The molecule has 136 valence electrons. The average molecular weight is 390 g/mol. The van der Waals surface area contributed by atoms with Gasteiger partial charge in [-0.1, -0.05) is 35.5 Å². The van der Waals surface area contributed by atoms with E-state index >= 15 is 0 Å². The van der Waals surface area contributed by atoms with E-state index in [1.165, 1.54) is 11.3 Å². The summed E-state index contributed by atoms with van der Waals surface area (Å²) in [5.74, 6) is 0.875. The van der Waals surface area contributed by atoms with Crippen molar-refractivity contribution < 1.29 is 12.9 Å². The van der Waals surface area contributed by atoms with Crippen molar-refractivity contribution >= 4 is 21.4 Å². The molecule has 0 amide bonds. The normalized spacial score (nSPS) is 21.3. The topological polar surface area (TPSA) is 76.3 Å². The van der Waals surface area contributed by atoms with Crippen LogP contribution < -0.4 is 0 Å². The van der Waals surface area contributed by atoms with Crippen molar-refractivity contribution in [3.05, 3.63) is 64.6 Å². The zero-order valence-electron chi connectivity index (χ0n) is 14.5. The van der Waals surface area contributed by atoms with Crippen LogP contribution in [0.15, 0.2) is 51.2 Å². The molecule has 0 unspecified atom stereocenters. The van der Waals surface area contributed by atoms with Crippen molar-refractivity contribution in [2.75, 3.05) is 13.1 Å². The smallest absolute Gasteiger partial charge is 0.252 e. The molecule has 0 spiro atoms. The summed E-state index contributed by atoms with van der Waals surface area (Å²) in [5, 5.41) is 3.89. The maximum Gasteiger partial charge on any atom is 0.252 e. The Hall–Kier alpha value is -2.03. The van der Waals surface area contributed by atoms with Crippen LogP contribution in [0.2, 0.25) is 0 Å². The van der Waals surface area contributed by atoms with Gasteiger partial charge in [-0.3, -0.25) is 0 Å². The van der Waals surface area contributed by atoms with E-state index in [9.17, 15) is 8.42 Å². The van der Waals surface area contributed by atoms with E-state index in [0.29, 0.717) is 29.0 Å². The Morgan fingerprint density at radius 3 is 2.42 bits per heavy atom. The fourth-order valence-corrected chi connectivity index (χ4v) is 6.32. The lowest BCUT2D eigenvalue weighted by atomic mass is 9.89. The van der Waals surface area contributed by atoms with Crippen LogP contribution in [0.3, 0.4) is 0 Å². The van der Waals surface area contributed by atoms with Gasteiger partial charge in [0.1, 0.15) is 4.21 Å². The average Bonchev–Trinajstić information content (AvgIpc) is 3.34. The Morgan fingerprint density at radius 2 is 1.81 bits per heavy atom. The highest BCUT2D eigenvalue weighted by atomic mass is 32.2. The third kappa shape index (κ3) is 3.08. The summed E-state index contributed by atoms with van der Waals surface area (Å²) in [5.41, 5.74) is 1.08. The predicted molar refractivity (Wildman–Crippen MR) is 98.8 cm³/mol. The fourth-order valence-electron chi connectivity index (χ4n) is 3.39. The zero-order valence-corrected chi connectivity index (χ0v) is 16.1. The molecule has 0 saturated carbocycles. The lowest BCUT2D eigenvalue weighted by Gasteiger charge is -2.15. The quantitative estimate of drug-likeness (QED) is 0.684. The molecule has 0 N–H and O–H groups in total. The van der Waals surface area contributed by atoms with Gasteiger partial charge < -0.3 is 4.52 Å². The highest BCUT2D eigenvalue weighted by Crippen LogP contribution is 2.41. The Bertz CT molecular complexity index is 1010. The third-order valence-electron chi connectivity index (χ3n) is 4.68. The van der Waals surface area contributed by atoms with Crippen LogP contribution in [-0.2, 0) is 10.0 Å². The molecule has 0 aliphatic carbocycles. The first-order chi connectivity index (χ1) is 12.4. The molecule has 2 aromatic heterocycles. The highest BCUT2D eigenvalue weighted by molar-refractivity contribution is 7.91. The number of hydrogen-bond donors (Lipinski definition) is 0. The van der Waals surface area contributed by atoms with E-state index in [4.69, 9.17) is 4.52 Å². The van der Waals surface area contributed by atoms with Crippen LogP contribution in [0.5, 0.6) is 0 Å². The molecule has 1 aliphatic rings. The minimum absolute atomic E-state index is 0.0214. The fraction of sp³-hybridized carbons (Fsp3) is 0.333. The van der Waals surface area contributed by atoms with Gasteiger partial charge in [0, 0.05) is 23.9 Å². The minimum Gasteiger partial charge on any atom is -0.339 e. The molecule has 1 aliphatic heterocycles. The Labute approximate surface area is 156 Å². The first kappa shape index (κ1) is 17.4. The summed E-state index contributed by atoms with van der Waals surface area (Å²) in [4.78, 5) is 5.34. The molecular weight excluding hydrogens is 370 g/mol. The standard InChI is InChI=1S/C18H19N3O3S2/c1-12-8-9-17(25-12)26(22,23)21-10-15(14-6-4-3-5-7-14)16(11-21)18-19-13(2)20-24-18/h3-9,15-16H,10-11H2,1-2H3/t15-,16+/m1/s1. The molecule has 0 radical (unpaired) electrons. The molecule has 3 heterocycles. The number of nitrogens with zero attached hydrogens (tertiary/aromatic N) is 3. The summed E-state index contributed by atoms with van der Waals surface area (Å²) >= 11 is 1.30. The van der Waals surface area contributed by atoms with Gasteiger partial charge in [0.15, 0.2) is 5.82 Å². The number of rotatable bonds is 4. The summed E-state index contributed by atoms with van der Waals surface area (Å²) < 4.78 is 33.5. The van der Waals surface area contributed by atoms with Crippen molar-refractivity contribution in [2.24, 2.45) is 0 Å². The Morgan fingerprint density at radius 1 is 1.08 bits per heavy atom. The molecule has 26 heavy (non-hydrogen) atoms. The van der Waals surface area contributed by atoms with E-state index in [1.54, 1.807) is 17.3 Å². The van der Waals surface area contributed by atoms with Crippen molar-refractivity contribution in [3.63, 3.8) is 0 Å². The zero-order chi connectivity index (χ0) is 18.3. The van der Waals surface area contributed by atoms with Gasteiger partial charge in [-0.2, -0.15) is 9.29 Å². The van der Waals surface area contributed by atoms with E-state index in [1.807, 2.05) is 43.3 Å². The lowest BCUT2D eigenvalue weighted by molar-refractivity contribution is 0.345. The van der Waals surface area contributed by atoms with Crippen LogP contribution in [0.25, 0.3) is 0 Å². The van der Waals surface area contributed by atoms with Crippen LogP contribution in [0.4, 0.5) is 0 Å². The van der Waals surface area contributed by atoms with Crippen LogP contribution in [0, 0.1) is 13.8 Å². The minimum atomic E-state index is -3.53. The van der Waals surface area contributed by atoms with Crippen LogP contribution in [0.1, 0.15) is 34.0 Å². The van der Waals surface area contributed by atoms with Crippen molar-refractivity contribution in [2.45, 2.75) is 29.9 Å². The molecule has 1 aromatic carbocycles. The maximum atomic E-state index is 13.1. The lowest BCUT2D eigenvalue weighted by Crippen LogP contribution is -2.28. The van der Waals surface area contributed by atoms with Crippen molar-refractivity contribution in [1.29, 1.82) is 0 Å². The molecule has 8 heteroatoms. The number of aryl methyl sites for hydroxylation is 2.